The minimum atomic E-state index is -0.976. The van der Waals surface area contributed by atoms with Crippen LogP contribution in [0.5, 0.6) is 0 Å². The molecule has 4 aliphatic heterocycles. The highest BCUT2D eigenvalue weighted by molar-refractivity contribution is 6.25. The maximum atomic E-state index is 13.4. The van der Waals surface area contributed by atoms with Crippen molar-refractivity contribution in [1.29, 1.82) is 0 Å². The largest absolute Gasteiger partial charge is 0.381 e. The predicted octanol–water partition coefficient (Wildman–Crippen LogP) is 3.65. The highest BCUT2D eigenvalue weighted by Gasteiger charge is 2.45. The average Bonchev–Trinajstić information content (AvgIpc) is 3.24. The number of ether oxygens (including phenoxy) is 1. The molecule has 2 aromatic rings. The van der Waals surface area contributed by atoms with Crippen LogP contribution in [0.2, 0.25) is 0 Å². The van der Waals surface area contributed by atoms with Crippen molar-refractivity contribution in [3.05, 3.63) is 64.2 Å². The van der Waals surface area contributed by atoms with E-state index in [1.807, 2.05) is 0 Å². The van der Waals surface area contributed by atoms with Crippen molar-refractivity contribution >= 4 is 29.3 Å². The van der Waals surface area contributed by atoms with Crippen molar-refractivity contribution in [3.63, 3.8) is 0 Å². The molecule has 0 spiro atoms. The zero-order valence-corrected chi connectivity index (χ0v) is 23.6. The lowest BCUT2D eigenvalue weighted by Crippen LogP contribution is -2.54. The minimum Gasteiger partial charge on any atom is -0.381 e. The van der Waals surface area contributed by atoms with Crippen LogP contribution in [0, 0.1) is 18.8 Å². The summed E-state index contributed by atoms with van der Waals surface area (Å²) >= 11 is 0. The number of anilines is 1. The van der Waals surface area contributed by atoms with Crippen LogP contribution in [-0.4, -0.2) is 65.8 Å². The number of aryl methyl sites for hydroxylation is 1. The molecule has 1 atom stereocenters. The van der Waals surface area contributed by atoms with Crippen LogP contribution < -0.4 is 10.6 Å². The molecular formula is C32H38N4O5. The summed E-state index contributed by atoms with van der Waals surface area (Å²) in [7, 11) is 0. The summed E-state index contributed by atoms with van der Waals surface area (Å²) in [5.74, 6) is -0.331. The molecule has 3 fully saturated rings. The maximum Gasteiger partial charge on any atom is 0.264 e. The Morgan fingerprint density at radius 2 is 1.68 bits per heavy atom. The molecule has 41 heavy (non-hydrogen) atoms. The van der Waals surface area contributed by atoms with Crippen LogP contribution >= 0.6 is 0 Å². The van der Waals surface area contributed by atoms with Crippen molar-refractivity contribution in [1.82, 2.24) is 15.1 Å². The number of carbonyl (C=O) groups excluding carboxylic acids is 4. The lowest BCUT2D eigenvalue weighted by Gasteiger charge is -2.37. The van der Waals surface area contributed by atoms with Gasteiger partial charge in [-0.15, -0.1) is 0 Å². The number of likely N-dealkylation sites (tertiary alicyclic amines) is 1. The van der Waals surface area contributed by atoms with E-state index in [0.29, 0.717) is 12.2 Å². The maximum absolute atomic E-state index is 13.4. The Morgan fingerprint density at radius 1 is 0.927 bits per heavy atom. The molecule has 0 aliphatic carbocycles. The third-order valence-corrected chi connectivity index (χ3v) is 9.32. The highest BCUT2D eigenvalue weighted by atomic mass is 16.5. The van der Waals surface area contributed by atoms with Crippen LogP contribution in [0.25, 0.3) is 0 Å². The summed E-state index contributed by atoms with van der Waals surface area (Å²) in [5, 5.41) is 5.58. The molecule has 9 nitrogen and oxygen atoms in total. The third kappa shape index (κ3) is 5.65. The molecule has 2 N–H and O–H groups in total. The van der Waals surface area contributed by atoms with Gasteiger partial charge in [-0.3, -0.25) is 34.3 Å². The number of hydrogen-bond donors (Lipinski definition) is 2. The zero-order chi connectivity index (χ0) is 28.5. The number of hydrogen-bond acceptors (Lipinski definition) is 7. The van der Waals surface area contributed by atoms with Gasteiger partial charge in [0.2, 0.25) is 11.8 Å². The lowest BCUT2D eigenvalue weighted by atomic mass is 9.80. The summed E-state index contributed by atoms with van der Waals surface area (Å²) in [6, 6.07) is 10.7. The first-order valence-electron chi connectivity index (χ1n) is 14.9. The summed E-state index contributed by atoms with van der Waals surface area (Å²) < 4.78 is 5.55. The number of benzene rings is 2. The SMILES string of the molecule is Cc1cc(CNc2cccc3c2C(=O)N(C2CCC(=O)NC2=O)C3=O)ccc1CN1CCC(C2CCOCC2)CC1. The normalized spacial score (nSPS) is 22.7. The van der Waals surface area contributed by atoms with Gasteiger partial charge in [0.15, 0.2) is 0 Å². The molecule has 6 rings (SSSR count). The lowest BCUT2D eigenvalue weighted by molar-refractivity contribution is -0.136. The van der Waals surface area contributed by atoms with Crippen LogP contribution in [0.1, 0.15) is 75.9 Å². The third-order valence-electron chi connectivity index (χ3n) is 9.32. The number of piperidine rings is 2. The second kappa shape index (κ2) is 11.7. The summed E-state index contributed by atoms with van der Waals surface area (Å²) in [4.78, 5) is 54.0. The molecule has 2 aromatic carbocycles. The zero-order valence-electron chi connectivity index (χ0n) is 23.6. The van der Waals surface area contributed by atoms with Gasteiger partial charge in [0.1, 0.15) is 6.04 Å². The van der Waals surface area contributed by atoms with E-state index in [1.165, 1.54) is 36.8 Å². The van der Waals surface area contributed by atoms with E-state index in [0.717, 1.165) is 55.1 Å². The van der Waals surface area contributed by atoms with Gasteiger partial charge in [-0.05, 0) is 92.8 Å². The van der Waals surface area contributed by atoms with E-state index in [-0.39, 0.29) is 29.9 Å². The second-order valence-electron chi connectivity index (χ2n) is 11.9. The molecule has 3 saturated heterocycles. The molecule has 0 aromatic heterocycles. The molecule has 0 bridgehead atoms. The van der Waals surface area contributed by atoms with Gasteiger partial charge in [-0.2, -0.15) is 0 Å². The van der Waals surface area contributed by atoms with Crippen molar-refractivity contribution in [2.24, 2.45) is 11.8 Å². The predicted molar refractivity (Wildman–Crippen MR) is 153 cm³/mol. The number of imide groups is 2. The molecule has 0 saturated carbocycles. The first-order chi connectivity index (χ1) is 19.9. The van der Waals surface area contributed by atoms with Crippen LogP contribution in [0.15, 0.2) is 36.4 Å². The Hall–Kier alpha value is -3.56. The first-order valence-corrected chi connectivity index (χ1v) is 14.9. The van der Waals surface area contributed by atoms with Crippen LogP contribution in [0.3, 0.4) is 0 Å². The Labute approximate surface area is 240 Å². The highest BCUT2D eigenvalue weighted by Crippen LogP contribution is 2.34. The number of carbonyl (C=O) groups is 4. The standard InChI is InChI=1S/C32H38N4O5/c1-20-17-21(5-6-24(20)19-35-13-9-22(10-14-35)23-11-15-41-16-12-23)18-33-26-4-2-3-25-29(26)32(40)36(31(25)39)27-7-8-28(37)34-30(27)38/h2-6,17,22-23,27,33H,7-16,18-19H2,1H3,(H,34,37,38). The smallest absolute Gasteiger partial charge is 0.264 e. The molecule has 0 radical (unpaired) electrons. The molecular weight excluding hydrogens is 520 g/mol. The fourth-order valence-electron chi connectivity index (χ4n) is 6.92. The van der Waals surface area contributed by atoms with E-state index in [2.05, 4.69) is 40.7 Å². The number of nitrogens with zero attached hydrogens (tertiary/aromatic N) is 2. The van der Waals surface area contributed by atoms with Gasteiger partial charge in [-0.1, -0.05) is 24.3 Å². The van der Waals surface area contributed by atoms with E-state index in [4.69, 9.17) is 4.74 Å². The molecule has 4 heterocycles. The number of nitrogens with one attached hydrogen (secondary N) is 2. The van der Waals surface area contributed by atoms with Gasteiger partial charge in [-0.25, -0.2) is 0 Å². The van der Waals surface area contributed by atoms with E-state index in [9.17, 15) is 19.2 Å². The first kappa shape index (κ1) is 27.6. The fraction of sp³-hybridized carbons (Fsp3) is 0.500. The fourth-order valence-corrected chi connectivity index (χ4v) is 6.92. The summed E-state index contributed by atoms with van der Waals surface area (Å²) in [6.07, 6.45) is 5.21. The monoisotopic (exact) mass is 558 g/mol. The summed E-state index contributed by atoms with van der Waals surface area (Å²) in [6.45, 7) is 7.74. The van der Waals surface area contributed by atoms with Gasteiger partial charge < -0.3 is 10.1 Å². The van der Waals surface area contributed by atoms with Gasteiger partial charge in [0.05, 0.1) is 11.1 Å². The summed E-state index contributed by atoms with van der Waals surface area (Å²) in [5.41, 5.74) is 4.77. The Kier molecular flexibility index (Phi) is 7.90. The second-order valence-corrected chi connectivity index (χ2v) is 11.9. The molecule has 4 aliphatic rings. The average molecular weight is 559 g/mol. The number of amides is 4. The van der Waals surface area contributed by atoms with E-state index in [1.54, 1.807) is 18.2 Å². The van der Waals surface area contributed by atoms with Gasteiger partial charge in [0, 0.05) is 38.4 Å². The van der Waals surface area contributed by atoms with Crippen LogP contribution in [-0.2, 0) is 27.4 Å². The number of fused-ring (bicyclic) bond motifs is 1. The molecule has 4 amide bonds. The molecule has 9 heteroatoms. The van der Waals surface area contributed by atoms with Gasteiger partial charge >= 0.3 is 0 Å². The van der Waals surface area contributed by atoms with Crippen molar-refractivity contribution in [2.45, 2.75) is 64.6 Å². The van der Waals surface area contributed by atoms with Gasteiger partial charge in [0.25, 0.3) is 11.8 Å². The van der Waals surface area contributed by atoms with Crippen molar-refractivity contribution in [2.75, 3.05) is 31.6 Å². The molecule has 1 unspecified atom stereocenters. The Balaban J connectivity index is 1.07. The van der Waals surface area contributed by atoms with E-state index >= 15 is 0 Å². The Bertz CT molecular complexity index is 1360. The topological polar surface area (TPSA) is 108 Å². The van der Waals surface area contributed by atoms with Crippen molar-refractivity contribution < 1.29 is 23.9 Å². The quantitative estimate of drug-likeness (QED) is 0.500. The van der Waals surface area contributed by atoms with Crippen molar-refractivity contribution in [3.8, 4) is 0 Å². The number of rotatable bonds is 7. The van der Waals surface area contributed by atoms with E-state index < -0.39 is 23.8 Å². The Morgan fingerprint density at radius 3 is 2.41 bits per heavy atom. The van der Waals surface area contributed by atoms with Crippen LogP contribution in [0.4, 0.5) is 5.69 Å². The minimum absolute atomic E-state index is 0.0961. The molecule has 216 valence electrons.